The molecule has 1 fully saturated rings. The van der Waals surface area contributed by atoms with E-state index in [2.05, 4.69) is 15.3 Å². The fraction of sp³-hybridized carbons (Fsp3) is 0.500. The first-order valence-corrected chi connectivity index (χ1v) is 8.69. The van der Waals surface area contributed by atoms with Gasteiger partial charge in [-0.3, -0.25) is 4.79 Å². The first-order chi connectivity index (χ1) is 10.2. The summed E-state index contributed by atoms with van der Waals surface area (Å²) in [6, 6.07) is 7.85. The Hall–Kier alpha value is -1.49. The third kappa shape index (κ3) is 3.59. The Labute approximate surface area is 129 Å². The van der Waals surface area contributed by atoms with Gasteiger partial charge in [0.1, 0.15) is 5.82 Å². The van der Waals surface area contributed by atoms with Crippen molar-refractivity contribution in [1.29, 1.82) is 0 Å². The molecule has 2 aromatic rings. The summed E-state index contributed by atoms with van der Waals surface area (Å²) < 4.78 is 0. The molecule has 1 aliphatic rings. The van der Waals surface area contributed by atoms with Crippen LogP contribution in [0.15, 0.2) is 24.3 Å². The number of aromatic amines is 1. The van der Waals surface area contributed by atoms with Gasteiger partial charge in [0, 0.05) is 6.42 Å². The molecule has 1 aromatic carbocycles. The van der Waals surface area contributed by atoms with Gasteiger partial charge in [-0.15, -0.1) is 0 Å². The molecule has 21 heavy (non-hydrogen) atoms. The van der Waals surface area contributed by atoms with Crippen molar-refractivity contribution in [2.75, 3.05) is 11.5 Å². The van der Waals surface area contributed by atoms with Gasteiger partial charge in [-0.25, -0.2) is 4.98 Å². The van der Waals surface area contributed by atoms with Crippen LogP contribution in [0, 0.1) is 5.92 Å². The van der Waals surface area contributed by atoms with Crippen molar-refractivity contribution in [3.05, 3.63) is 30.1 Å². The summed E-state index contributed by atoms with van der Waals surface area (Å²) >= 11 is 1.99. The minimum Gasteiger partial charge on any atom is -0.346 e. The van der Waals surface area contributed by atoms with Crippen molar-refractivity contribution >= 4 is 28.7 Å². The van der Waals surface area contributed by atoms with Crippen molar-refractivity contribution < 1.29 is 4.79 Å². The number of imidazole rings is 1. The minimum atomic E-state index is -0.0807. The highest BCUT2D eigenvalue weighted by atomic mass is 32.2. The molecule has 1 saturated heterocycles. The SMILES string of the molecule is CC(NC(=O)CC1CCSCC1)c1nc2ccccc2[nH]1. The summed E-state index contributed by atoms with van der Waals surface area (Å²) in [4.78, 5) is 20.0. The first-order valence-electron chi connectivity index (χ1n) is 7.54. The summed E-state index contributed by atoms with van der Waals surface area (Å²) in [6.07, 6.45) is 2.97. The molecule has 1 aromatic heterocycles. The van der Waals surface area contributed by atoms with Crippen LogP contribution >= 0.6 is 11.8 Å². The van der Waals surface area contributed by atoms with E-state index in [1.807, 2.05) is 43.0 Å². The summed E-state index contributed by atoms with van der Waals surface area (Å²) in [6.45, 7) is 1.98. The Kier molecular flexibility index (Phi) is 4.48. The van der Waals surface area contributed by atoms with E-state index in [-0.39, 0.29) is 11.9 Å². The Morgan fingerprint density at radius 3 is 2.95 bits per heavy atom. The van der Waals surface area contributed by atoms with Crippen molar-refractivity contribution in [2.45, 2.75) is 32.2 Å². The van der Waals surface area contributed by atoms with Crippen LogP contribution < -0.4 is 5.32 Å². The monoisotopic (exact) mass is 303 g/mol. The molecule has 1 amide bonds. The Morgan fingerprint density at radius 2 is 2.19 bits per heavy atom. The van der Waals surface area contributed by atoms with Gasteiger partial charge >= 0.3 is 0 Å². The number of para-hydroxylation sites is 2. The maximum Gasteiger partial charge on any atom is 0.220 e. The van der Waals surface area contributed by atoms with E-state index < -0.39 is 0 Å². The van der Waals surface area contributed by atoms with Gasteiger partial charge in [0.25, 0.3) is 0 Å². The second kappa shape index (κ2) is 6.52. The standard InChI is InChI=1S/C16H21N3OS/c1-11(16-18-13-4-2-3-5-14(13)19-16)17-15(20)10-12-6-8-21-9-7-12/h2-5,11-12H,6-10H2,1H3,(H,17,20)(H,18,19). The first kappa shape index (κ1) is 14.4. The second-order valence-electron chi connectivity index (χ2n) is 5.69. The highest BCUT2D eigenvalue weighted by molar-refractivity contribution is 7.99. The molecular weight excluding hydrogens is 282 g/mol. The van der Waals surface area contributed by atoms with E-state index >= 15 is 0 Å². The lowest BCUT2D eigenvalue weighted by molar-refractivity contribution is -0.122. The van der Waals surface area contributed by atoms with Crippen LogP contribution in [0.1, 0.15) is 38.1 Å². The number of thioether (sulfide) groups is 1. The molecule has 112 valence electrons. The van der Waals surface area contributed by atoms with Gasteiger partial charge < -0.3 is 10.3 Å². The van der Waals surface area contributed by atoms with E-state index in [1.165, 1.54) is 11.5 Å². The Morgan fingerprint density at radius 1 is 1.43 bits per heavy atom. The maximum absolute atomic E-state index is 12.2. The van der Waals surface area contributed by atoms with Gasteiger partial charge in [0.05, 0.1) is 17.1 Å². The van der Waals surface area contributed by atoms with E-state index in [0.717, 1.165) is 29.7 Å². The van der Waals surface area contributed by atoms with Crippen LogP contribution in [0.25, 0.3) is 11.0 Å². The number of hydrogen-bond donors (Lipinski definition) is 2. The molecule has 1 aliphatic heterocycles. The predicted molar refractivity (Wildman–Crippen MR) is 87.3 cm³/mol. The Balaban J connectivity index is 1.59. The zero-order valence-corrected chi connectivity index (χ0v) is 13.1. The largest absolute Gasteiger partial charge is 0.346 e. The van der Waals surface area contributed by atoms with Crippen LogP contribution in [0.3, 0.4) is 0 Å². The maximum atomic E-state index is 12.2. The van der Waals surface area contributed by atoms with Gasteiger partial charge in [-0.05, 0) is 49.3 Å². The van der Waals surface area contributed by atoms with Crippen molar-refractivity contribution in [1.82, 2.24) is 15.3 Å². The van der Waals surface area contributed by atoms with Crippen molar-refractivity contribution in [2.24, 2.45) is 5.92 Å². The van der Waals surface area contributed by atoms with Gasteiger partial charge in [-0.1, -0.05) is 12.1 Å². The van der Waals surface area contributed by atoms with Gasteiger partial charge in [0.15, 0.2) is 0 Å². The minimum absolute atomic E-state index is 0.0807. The molecule has 5 heteroatoms. The smallest absolute Gasteiger partial charge is 0.220 e. The molecule has 0 spiro atoms. The van der Waals surface area contributed by atoms with Crippen molar-refractivity contribution in [3.8, 4) is 0 Å². The number of nitrogens with zero attached hydrogens (tertiary/aromatic N) is 1. The molecule has 2 heterocycles. The van der Waals surface area contributed by atoms with Crippen molar-refractivity contribution in [3.63, 3.8) is 0 Å². The number of nitrogens with one attached hydrogen (secondary N) is 2. The fourth-order valence-electron chi connectivity index (χ4n) is 2.76. The summed E-state index contributed by atoms with van der Waals surface area (Å²) in [7, 11) is 0. The highest BCUT2D eigenvalue weighted by Gasteiger charge is 2.19. The number of rotatable bonds is 4. The zero-order chi connectivity index (χ0) is 14.7. The number of amides is 1. The molecular formula is C16H21N3OS. The predicted octanol–water partition coefficient (Wildman–Crippen LogP) is 3.27. The van der Waals surface area contributed by atoms with E-state index in [9.17, 15) is 4.79 Å². The normalized spacial score (nSPS) is 17.8. The molecule has 2 N–H and O–H groups in total. The van der Waals surface area contributed by atoms with E-state index in [0.29, 0.717) is 12.3 Å². The number of fused-ring (bicyclic) bond motifs is 1. The topological polar surface area (TPSA) is 57.8 Å². The number of carbonyl (C=O) groups is 1. The lowest BCUT2D eigenvalue weighted by atomic mass is 9.98. The molecule has 1 atom stereocenters. The van der Waals surface area contributed by atoms with Crippen LogP contribution in [-0.4, -0.2) is 27.4 Å². The quantitative estimate of drug-likeness (QED) is 0.911. The number of H-pyrrole nitrogens is 1. The third-order valence-corrected chi connectivity index (χ3v) is 5.06. The van der Waals surface area contributed by atoms with Crippen LogP contribution in [0.2, 0.25) is 0 Å². The van der Waals surface area contributed by atoms with Crippen LogP contribution in [0.4, 0.5) is 0 Å². The third-order valence-electron chi connectivity index (χ3n) is 4.01. The molecule has 1 unspecified atom stereocenters. The lowest BCUT2D eigenvalue weighted by Crippen LogP contribution is -2.29. The second-order valence-corrected chi connectivity index (χ2v) is 6.91. The van der Waals surface area contributed by atoms with Crippen LogP contribution in [-0.2, 0) is 4.79 Å². The number of carbonyl (C=O) groups excluding carboxylic acids is 1. The molecule has 0 aliphatic carbocycles. The summed E-state index contributed by atoms with van der Waals surface area (Å²) in [5.74, 6) is 3.89. The van der Waals surface area contributed by atoms with Crippen LogP contribution in [0.5, 0.6) is 0 Å². The zero-order valence-electron chi connectivity index (χ0n) is 12.3. The van der Waals surface area contributed by atoms with E-state index in [4.69, 9.17) is 0 Å². The highest BCUT2D eigenvalue weighted by Crippen LogP contribution is 2.25. The number of hydrogen-bond acceptors (Lipinski definition) is 3. The average Bonchev–Trinajstić information content (AvgIpc) is 2.92. The summed E-state index contributed by atoms with van der Waals surface area (Å²) in [5.41, 5.74) is 1.95. The fourth-order valence-corrected chi connectivity index (χ4v) is 3.96. The number of benzene rings is 1. The lowest BCUT2D eigenvalue weighted by Gasteiger charge is -2.21. The van der Waals surface area contributed by atoms with E-state index in [1.54, 1.807) is 0 Å². The number of aromatic nitrogens is 2. The molecule has 3 rings (SSSR count). The summed E-state index contributed by atoms with van der Waals surface area (Å²) in [5, 5.41) is 3.06. The molecule has 0 radical (unpaired) electrons. The Bertz CT molecular complexity index is 586. The average molecular weight is 303 g/mol. The van der Waals surface area contributed by atoms with Gasteiger partial charge in [-0.2, -0.15) is 11.8 Å². The molecule has 0 saturated carbocycles. The molecule has 4 nitrogen and oxygen atoms in total. The van der Waals surface area contributed by atoms with Gasteiger partial charge in [0.2, 0.25) is 5.91 Å². The molecule has 0 bridgehead atoms.